The average Bonchev–Trinajstić information content (AvgIpc) is 3.47. The van der Waals surface area contributed by atoms with Gasteiger partial charge in [0, 0.05) is 21.9 Å². The molecule has 0 aliphatic heterocycles. The lowest BCUT2D eigenvalue weighted by Gasteiger charge is -2.11. The summed E-state index contributed by atoms with van der Waals surface area (Å²) in [6.45, 7) is 0. The van der Waals surface area contributed by atoms with Crippen LogP contribution >= 0.6 is 0 Å². The molecule has 0 unspecified atom stereocenters. The summed E-state index contributed by atoms with van der Waals surface area (Å²) >= 11 is 0. The van der Waals surface area contributed by atoms with Gasteiger partial charge in [-0.3, -0.25) is 0 Å². The Kier molecular flexibility index (Phi) is 6.16. The SMILES string of the molecule is c1ccc(-c2ccc(-c3ccc4oc5cccc(-c6cc(-c7ccccc7)nc(-c7ccccc7)c6)c5c4c3)cc2)cc1. The average molecular weight is 550 g/mol. The standard InChI is InChI=1S/C41H27NO/c1-4-11-28(12-5-1)29-19-21-30(22-20-29)33-23-24-39-36(25-33)41-35(17-10-18-40(41)43-39)34-26-37(31-13-6-2-7-14-31)42-38(27-34)32-15-8-3-9-16-32/h1-27H. The number of furan rings is 1. The van der Waals surface area contributed by atoms with Gasteiger partial charge in [0.2, 0.25) is 0 Å². The van der Waals surface area contributed by atoms with Gasteiger partial charge in [0.25, 0.3) is 0 Å². The van der Waals surface area contributed by atoms with Gasteiger partial charge in [0.1, 0.15) is 11.2 Å². The molecule has 0 amide bonds. The van der Waals surface area contributed by atoms with Gasteiger partial charge in [0.15, 0.2) is 0 Å². The molecule has 8 rings (SSSR count). The molecule has 0 atom stereocenters. The highest BCUT2D eigenvalue weighted by molar-refractivity contribution is 6.13. The van der Waals surface area contributed by atoms with Crippen molar-refractivity contribution in [3.05, 3.63) is 164 Å². The molecule has 0 bridgehead atoms. The summed E-state index contributed by atoms with van der Waals surface area (Å²) in [5.41, 5.74) is 12.8. The Balaban J connectivity index is 1.29. The molecule has 202 valence electrons. The zero-order chi connectivity index (χ0) is 28.6. The number of aromatic nitrogens is 1. The van der Waals surface area contributed by atoms with E-state index in [1.165, 1.54) is 16.7 Å². The van der Waals surface area contributed by atoms with E-state index in [-0.39, 0.29) is 0 Å². The highest BCUT2D eigenvalue weighted by Crippen LogP contribution is 2.40. The van der Waals surface area contributed by atoms with E-state index in [1.54, 1.807) is 0 Å². The van der Waals surface area contributed by atoms with Gasteiger partial charge in [0.05, 0.1) is 11.4 Å². The van der Waals surface area contributed by atoms with E-state index in [0.29, 0.717) is 0 Å². The lowest BCUT2D eigenvalue weighted by molar-refractivity contribution is 0.669. The molecular formula is C41H27NO. The molecule has 8 aromatic rings. The molecule has 0 spiro atoms. The van der Waals surface area contributed by atoms with Crippen LogP contribution in [0.4, 0.5) is 0 Å². The largest absolute Gasteiger partial charge is 0.456 e. The van der Waals surface area contributed by atoms with Crippen LogP contribution in [0, 0.1) is 0 Å². The van der Waals surface area contributed by atoms with Gasteiger partial charge in [-0.15, -0.1) is 0 Å². The Bertz CT molecular complexity index is 2140. The molecular weight excluding hydrogens is 522 g/mol. The number of fused-ring (bicyclic) bond motifs is 3. The molecule has 2 nitrogen and oxygen atoms in total. The first-order valence-corrected chi connectivity index (χ1v) is 14.5. The maximum absolute atomic E-state index is 6.40. The van der Waals surface area contributed by atoms with Crippen molar-refractivity contribution in [1.29, 1.82) is 0 Å². The molecule has 0 aliphatic rings. The second-order valence-electron chi connectivity index (χ2n) is 10.8. The Labute approximate surface area is 250 Å². The predicted molar refractivity (Wildman–Crippen MR) is 179 cm³/mol. The Morgan fingerprint density at radius 3 is 1.47 bits per heavy atom. The summed E-state index contributed by atoms with van der Waals surface area (Å²) in [5, 5.41) is 2.22. The molecule has 0 radical (unpaired) electrons. The van der Waals surface area contributed by atoms with Gasteiger partial charge < -0.3 is 4.42 Å². The third-order valence-corrected chi connectivity index (χ3v) is 8.10. The predicted octanol–water partition coefficient (Wildman–Crippen LogP) is 11.3. The topological polar surface area (TPSA) is 26.0 Å². The van der Waals surface area contributed by atoms with Crippen LogP contribution in [0.5, 0.6) is 0 Å². The van der Waals surface area contributed by atoms with Crippen LogP contribution in [-0.2, 0) is 0 Å². The van der Waals surface area contributed by atoms with E-state index in [4.69, 9.17) is 9.40 Å². The maximum Gasteiger partial charge on any atom is 0.136 e. The van der Waals surface area contributed by atoms with Crippen molar-refractivity contribution < 1.29 is 4.42 Å². The summed E-state index contributed by atoms with van der Waals surface area (Å²) < 4.78 is 6.40. The van der Waals surface area contributed by atoms with Gasteiger partial charge in [-0.05, 0) is 63.7 Å². The van der Waals surface area contributed by atoms with E-state index in [1.807, 2.05) is 18.2 Å². The minimum atomic E-state index is 0.878. The van der Waals surface area contributed by atoms with Gasteiger partial charge >= 0.3 is 0 Å². The van der Waals surface area contributed by atoms with E-state index >= 15 is 0 Å². The van der Waals surface area contributed by atoms with Crippen LogP contribution in [0.1, 0.15) is 0 Å². The highest BCUT2D eigenvalue weighted by Gasteiger charge is 2.16. The van der Waals surface area contributed by atoms with Crippen molar-refractivity contribution in [2.75, 3.05) is 0 Å². The zero-order valence-electron chi connectivity index (χ0n) is 23.4. The quantitative estimate of drug-likeness (QED) is 0.213. The minimum Gasteiger partial charge on any atom is -0.456 e. The molecule has 0 saturated carbocycles. The smallest absolute Gasteiger partial charge is 0.136 e. The first kappa shape index (κ1) is 25.0. The first-order chi connectivity index (χ1) is 21.3. The van der Waals surface area contributed by atoms with Crippen LogP contribution in [0.3, 0.4) is 0 Å². The molecule has 2 heterocycles. The van der Waals surface area contributed by atoms with E-state index in [2.05, 4.69) is 146 Å². The molecule has 6 aromatic carbocycles. The second-order valence-corrected chi connectivity index (χ2v) is 10.8. The maximum atomic E-state index is 6.40. The molecule has 0 saturated heterocycles. The fraction of sp³-hybridized carbons (Fsp3) is 0. The fourth-order valence-electron chi connectivity index (χ4n) is 5.93. The second kappa shape index (κ2) is 10.6. The van der Waals surface area contributed by atoms with Gasteiger partial charge in [-0.25, -0.2) is 4.98 Å². The summed E-state index contributed by atoms with van der Waals surface area (Å²) in [6, 6.07) is 57.3. The Morgan fingerprint density at radius 2 is 0.860 bits per heavy atom. The van der Waals surface area contributed by atoms with Crippen molar-refractivity contribution in [3.63, 3.8) is 0 Å². The Hall–Kier alpha value is -5.73. The summed E-state index contributed by atoms with van der Waals surface area (Å²) in [5.74, 6) is 0. The van der Waals surface area contributed by atoms with Gasteiger partial charge in [-0.1, -0.05) is 133 Å². The third kappa shape index (κ3) is 4.69. The van der Waals surface area contributed by atoms with Crippen molar-refractivity contribution in [2.24, 2.45) is 0 Å². The summed E-state index contributed by atoms with van der Waals surface area (Å²) in [7, 11) is 0. The number of hydrogen-bond donors (Lipinski definition) is 0. The lowest BCUT2D eigenvalue weighted by Crippen LogP contribution is -1.91. The van der Waals surface area contributed by atoms with Crippen LogP contribution in [-0.4, -0.2) is 4.98 Å². The van der Waals surface area contributed by atoms with Gasteiger partial charge in [-0.2, -0.15) is 0 Å². The van der Waals surface area contributed by atoms with Crippen molar-refractivity contribution >= 4 is 21.9 Å². The molecule has 0 fully saturated rings. The number of hydrogen-bond acceptors (Lipinski definition) is 2. The number of pyridine rings is 1. The van der Waals surface area contributed by atoms with E-state index in [0.717, 1.165) is 61.1 Å². The first-order valence-electron chi connectivity index (χ1n) is 14.5. The zero-order valence-corrected chi connectivity index (χ0v) is 23.4. The molecule has 0 aliphatic carbocycles. The Morgan fingerprint density at radius 1 is 0.349 bits per heavy atom. The number of benzene rings is 6. The molecule has 2 aromatic heterocycles. The van der Waals surface area contributed by atoms with Crippen molar-refractivity contribution in [3.8, 4) is 55.9 Å². The fourth-order valence-corrected chi connectivity index (χ4v) is 5.93. The van der Waals surface area contributed by atoms with Crippen LogP contribution < -0.4 is 0 Å². The van der Waals surface area contributed by atoms with Crippen molar-refractivity contribution in [2.45, 2.75) is 0 Å². The molecule has 43 heavy (non-hydrogen) atoms. The van der Waals surface area contributed by atoms with E-state index in [9.17, 15) is 0 Å². The normalized spacial score (nSPS) is 11.3. The number of rotatable bonds is 5. The lowest BCUT2D eigenvalue weighted by atomic mass is 9.95. The monoisotopic (exact) mass is 549 g/mol. The summed E-state index contributed by atoms with van der Waals surface area (Å²) in [4.78, 5) is 5.09. The molecule has 0 N–H and O–H groups in total. The number of nitrogens with zero attached hydrogens (tertiary/aromatic N) is 1. The third-order valence-electron chi connectivity index (χ3n) is 8.10. The molecule has 2 heteroatoms. The van der Waals surface area contributed by atoms with Crippen LogP contribution in [0.2, 0.25) is 0 Å². The van der Waals surface area contributed by atoms with Crippen LogP contribution in [0.25, 0.3) is 77.8 Å². The van der Waals surface area contributed by atoms with Crippen molar-refractivity contribution in [1.82, 2.24) is 4.98 Å². The van der Waals surface area contributed by atoms with E-state index < -0.39 is 0 Å². The highest BCUT2D eigenvalue weighted by atomic mass is 16.3. The summed E-state index contributed by atoms with van der Waals surface area (Å²) in [6.07, 6.45) is 0. The van der Waals surface area contributed by atoms with Crippen LogP contribution in [0.15, 0.2) is 168 Å². The minimum absolute atomic E-state index is 0.878.